The summed E-state index contributed by atoms with van der Waals surface area (Å²) in [7, 11) is 6.78. The molecule has 0 spiro atoms. The van der Waals surface area contributed by atoms with E-state index in [1.807, 2.05) is 76.2 Å². The van der Waals surface area contributed by atoms with Crippen molar-refractivity contribution in [3.63, 3.8) is 0 Å². The number of carbonyl (C=O) groups excluding carboxylic acids is 1. The van der Waals surface area contributed by atoms with Gasteiger partial charge in [-0.1, -0.05) is 77.9 Å². The van der Waals surface area contributed by atoms with Gasteiger partial charge in [0.2, 0.25) is 36.1 Å². The quantitative estimate of drug-likeness (QED) is 0.0372. The van der Waals surface area contributed by atoms with E-state index in [1.54, 1.807) is 28.4 Å². The number of likely N-dealkylation sites (N-methyl/N-ethyl adjacent to an activating group) is 2. The zero-order valence-electron chi connectivity index (χ0n) is 67.9. The van der Waals surface area contributed by atoms with Gasteiger partial charge in [0, 0.05) is 96.0 Å². The Morgan fingerprint density at radius 2 is 0.955 bits per heavy atom. The van der Waals surface area contributed by atoms with Crippen LogP contribution < -0.4 is 57.8 Å². The number of fused-ring (bicyclic) bond motifs is 18. The molecule has 596 valence electrons. The summed E-state index contributed by atoms with van der Waals surface area (Å²) < 4.78 is 71.1. The molecular weight excluding hydrogens is 1450 g/mol. The lowest BCUT2D eigenvalue weighted by atomic mass is 9.71. The van der Waals surface area contributed by atoms with Gasteiger partial charge in [-0.15, -0.1) is 0 Å². The number of nitrogens with one attached hydrogen (secondary N) is 1. The van der Waals surface area contributed by atoms with Gasteiger partial charge in [0.25, 0.3) is 0 Å². The van der Waals surface area contributed by atoms with E-state index in [9.17, 15) is 30.3 Å². The molecule has 4 bridgehead atoms. The fourth-order valence-electron chi connectivity index (χ4n) is 17.5. The summed E-state index contributed by atoms with van der Waals surface area (Å²) in [6, 6.07) is 21.8. The number of nitrogens with two attached hydrogens (primary N) is 1. The number of nitriles is 2. The third-order valence-corrected chi connectivity index (χ3v) is 33.5. The molecule has 0 saturated carbocycles. The number of carboxylic acids is 1. The zero-order valence-corrected chi connectivity index (χ0v) is 69.9. The van der Waals surface area contributed by atoms with Gasteiger partial charge in [0.05, 0.1) is 63.4 Å². The molecule has 10 atom stereocenters. The van der Waals surface area contributed by atoms with E-state index >= 15 is 0 Å². The smallest absolute Gasteiger partial charge is 0.307 e. The number of benzene rings is 6. The number of aryl methyl sites for hydroxylation is 2. The molecule has 1 amide bonds. The maximum atomic E-state index is 13.8. The molecule has 8 heterocycles. The van der Waals surface area contributed by atoms with Crippen LogP contribution in [0.2, 0.25) is 36.3 Å². The molecule has 0 aliphatic carbocycles. The summed E-state index contributed by atoms with van der Waals surface area (Å²) in [6.07, 6.45) is 2.44. The first-order valence-corrected chi connectivity index (χ1v) is 43.9. The van der Waals surface area contributed by atoms with Crippen molar-refractivity contribution in [2.24, 2.45) is 5.73 Å². The summed E-state index contributed by atoms with van der Waals surface area (Å²) >= 11 is 0. The van der Waals surface area contributed by atoms with Crippen LogP contribution in [-0.4, -0.2) is 182 Å². The number of ether oxygens (including phenoxy) is 10. The standard InChI is InChI=1S/C42H54N4O8Si.C28H34N4O6.C14H22O3Si/c1-23-15-26-17-29-31(19-43)46-30(36(45(29)6)34(26)40(38(23)50-8)51-21-49-7)18-28-35(41-39(52-22-53-41)24(2)37(28)48)32(46)20-44-33(47)16-25-11-13-27(14-12-25)54-55(9,10)42(3,4)5;1-13-6-15-7-17-19(9-29)32-18(23(31(17)3)21(15)27(25(13)35-5)36-11-34-4)8-16-22(20(32)10-30)28-26(37-12-38-28)14(2)24(16)33;1-14(2,3)18(4,5)17-12-8-6-11(7-9-12)10-13(15)16/h11-15,29-32,36,48H,16-18,20-22H2,1-10H3,(H,44,47);6,17-20,23,33H,7-8,10-12,30H2,1-5H3;6-9H,10H2,1-5H3,(H,15,16)/t29-,30-,31-,32-,36-;17-,18-,19-,20-,23-;/m00./s1. The van der Waals surface area contributed by atoms with Crippen molar-refractivity contribution in [1.29, 1.82) is 10.5 Å². The summed E-state index contributed by atoms with van der Waals surface area (Å²) in [4.78, 5) is 33.4. The van der Waals surface area contributed by atoms with Crippen LogP contribution in [-0.2, 0) is 57.6 Å². The van der Waals surface area contributed by atoms with Gasteiger partial charge in [-0.05, 0) is 161 Å². The van der Waals surface area contributed by atoms with Gasteiger partial charge in [0.1, 0.15) is 35.1 Å². The minimum Gasteiger partial charge on any atom is -0.544 e. The minimum atomic E-state index is -2.01. The Hall–Kier alpha value is -9.01. The second-order valence-electron chi connectivity index (χ2n) is 33.4. The summed E-state index contributed by atoms with van der Waals surface area (Å²) in [6.45, 7) is 30.4. The monoisotopic (exact) mass is 1560 g/mol. The van der Waals surface area contributed by atoms with Crippen molar-refractivity contribution in [3.8, 4) is 81.1 Å². The molecule has 27 heteroatoms. The lowest BCUT2D eigenvalue weighted by Crippen LogP contribution is -2.68. The number of carboxylic acid groups (broad SMARTS) is 1. The molecule has 0 aromatic heterocycles. The largest absolute Gasteiger partial charge is 0.544 e. The first-order valence-electron chi connectivity index (χ1n) is 38.0. The summed E-state index contributed by atoms with van der Waals surface area (Å²) in [5.41, 5.74) is 18.7. The first kappa shape index (κ1) is 81.5. The lowest BCUT2D eigenvalue weighted by molar-refractivity contribution is -0.136. The van der Waals surface area contributed by atoms with E-state index in [-0.39, 0.29) is 123 Å². The van der Waals surface area contributed by atoms with E-state index in [0.29, 0.717) is 82.8 Å². The molecule has 2 fully saturated rings. The number of hydrogen-bond acceptors (Lipinski definition) is 23. The average Bonchev–Trinajstić information content (AvgIpc) is 1.45. The molecule has 2 saturated heterocycles. The van der Waals surface area contributed by atoms with Gasteiger partial charge in [0.15, 0.2) is 59.6 Å². The Labute approximate surface area is 654 Å². The van der Waals surface area contributed by atoms with E-state index in [1.165, 1.54) is 0 Å². The predicted octanol–water partition coefficient (Wildman–Crippen LogP) is 12.4. The van der Waals surface area contributed by atoms with Crippen LogP contribution in [0.4, 0.5) is 0 Å². The third-order valence-electron chi connectivity index (χ3n) is 24.8. The number of aromatic hydroxyl groups is 2. The molecule has 0 unspecified atom stereocenters. The number of piperazine rings is 2. The van der Waals surface area contributed by atoms with E-state index in [2.05, 4.69) is 131 Å². The Morgan fingerprint density at radius 3 is 1.32 bits per heavy atom. The van der Waals surface area contributed by atoms with E-state index < -0.39 is 40.7 Å². The fraction of sp³-hybridized carbons (Fsp3) is 0.524. The van der Waals surface area contributed by atoms with Gasteiger partial charge in [-0.2, -0.15) is 10.5 Å². The molecule has 25 nitrogen and oxygen atoms in total. The highest BCUT2D eigenvalue weighted by atomic mass is 28.4. The number of phenolic OH excluding ortho intramolecular Hbond substituents is 2. The first-order chi connectivity index (χ1) is 52.6. The molecular formula is C84H110N8O17Si2. The fourth-order valence-corrected chi connectivity index (χ4v) is 19.5. The van der Waals surface area contributed by atoms with Gasteiger partial charge in [-0.25, -0.2) is 0 Å². The van der Waals surface area contributed by atoms with Crippen LogP contribution in [0.15, 0.2) is 60.7 Å². The van der Waals surface area contributed by atoms with E-state index in [4.69, 9.17) is 67.1 Å². The highest BCUT2D eigenvalue weighted by Gasteiger charge is 2.59. The lowest BCUT2D eigenvalue weighted by Gasteiger charge is -2.60. The summed E-state index contributed by atoms with van der Waals surface area (Å²) in [5.74, 6) is 5.85. The topological polar surface area (TPSA) is 304 Å². The van der Waals surface area contributed by atoms with Crippen LogP contribution in [0.3, 0.4) is 0 Å². The number of rotatable bonds is 19. The van der Waals surface area contributed by atoms with Crippen molar-refractivity contribution >= 4 is 28.5 Å². The number of methoxy groups -OCH3 is 4. The Bertz CT molecular complexity index is 4610. The van der Waals surface area contributed by atoms with Crippen LogP contribution in [0.5, 0.6) is 69.0 Å². The molecule has 0 radical (unpaired) electrons. The maximum Gasteiger partial charge on any atom is 0.307 e. The SMILES string of the molecule is CC(C)(C)[Si](C)(C)Oc1ccc(CC(=O)O)cc1.COCOc1c(OC)c(C)cc2c1[C@@H]1[C@@H]3Cc4c(O)c(C)c5c(c4[C@H](CN)N3[C@@H](C#N)[C@H](C2)N1C)OCO5.COCOc1c(OC)c(C)cc2c1[C@@H]1[C@@H]3Cc4c(O)c(C)c5c(c4[C@H](CNC(=O)Cc4ccc(O[Si](C)(C)C(C)(C)C)cc4)N3[C@@H](C#N)[C@H](C2)N1C)OCO5. The zero-order chi connectivity index (χ0) is 80.4. The Kier molecular flexibility index (Phi) is 23.4. The van der Waals surface area contributed by atoms with Crippen LogP contribution >= 0.6 is 0 Å². The van der Waals surface area contributed by atoms with Crippen molar-refractivity contribution in [2.75, 3.05) is 82.8 Å². The molecule has 8 aliphatic heterocycles. The van der Waals surface area contributed by atoms with E-state index in [0.717, 1.165) is 78.3 Å². The van der Waals surface area contributed by atoms with Gasteiger partial charge >= 0.3 is 5.97 Å². The van der Waals surface area contributed by atoms with Crippen LogP contribution in [0.25, 0.3) is 0 Å². The minimum absolute atomic E-state index is 0.0199. The highest BCUT2D eigenvalue weighted by molar-refractivity contribution is 6.75. The molecule has 6 N–H and O–H groups in total. The number of phenols is 2. The average molecular weight is 1560 g/mol. The number of nitrogens with zero attached hydrogens (tertiary/aromatic N) is 6. The van der Waals surface area contributed by atoms with Gasteiger partial charge in [-0.3, -0.25) is 29.2 Å². The number of carbonyl (C=O) groups is 2. The van der Waals surface area contributed by atoms with Crippen molar-refractivity contribution < 1.29 is 81.1 Å². The van der Waals surface area contributed by atoms with Crippen LogP contribution in [0, 0.1) is 50.4 Å². The predicted molar refractivity (Wildman–Crippen MR) is 423 cm³/mol. The molecule has 14 rings (SSSR count). The van der Waals surface area contributed by atoms with Crippen LogP contribution in [0.1, 0.15) is 144 Å². The Morgan fingerprint density at radius 1 is 0.568 bits per heavy atom. The highest BCUT2D eigenvalue weighted by Crippen LogP contribution is 2.61. The Balaban J connectivity index is 0.000000176. The number of amides is 1. The molecule has 8 aliphatic rings. The number of aliphatic carboxylic acids is 1. The van der Waals surface area contributed by atoms with Crippen molar-refractivity contribution in [2.45, 2.75) is 204 Å². The summed E-state index contributed by atoms with van der Waals surface area (Å²) in [5, 5.41) is 56.9. The second kappa shape index (κ2) is 31.9. The second-order valence-corrected chi connectivity index (χ2v) is 42.8. The number of hydrogen-bond donors (Lipinski definition) is 5. The maximum absolute atomic E-state index is 13.8. The normalized spacial score (nSPS) is 22.7. The molecule has 111 heavy (non-hydrogen) atoms. The van der Waals surface area contributed by atoms with Gasteiger partial charge < -0.3 is 82.6 Å². The third kappa shape index (κ3) is 14.9. The molecule has 6 aromatic rings. The van der Waals surface area contributed by atoms with Crippen molar-refractivity contribution in [1.82, 2.24) is 24.9 Å². The molecule has 6 aromatic carbocycles. The van der Waals surface area contributed by atoms with Crippen molar-refractivity contribution in [3.05, 3.63) is 139 Å².